The molecule has 0 N–H and O–H groups in total. The maximum absolute atomic E-state index is 12.1. The van der Waals surface area contributed by atoms with E-state index in [1.165, 1.54) is 32.0 Å². The average molecular weight is 308 g/mol. The molecule has 1 amide bonds. The van der Waals surface area contributed by atoms with Gasteiger partial charge in [0.25, 0.3) is 0 Å². The zero-order valence-electron chi connectivity index (χ0n) is 11.9. The Hall–Kier alpha value is -1.89. The third kappa shape index (κ3) is 3.81. The lowest BCUT2D eigenvalue weighted by molar-refractivity contribution is -0.117. The SMILES string of the molecule is COC(=O)c1cncc(N2CC(CSC(C)=O)CC2=O)c1. The van der Waals surface area contributed by atoms with Crippen molar-refractivity contribution in [3.8, 4) is 0 Å². The molecule has 0 bridgehead atoms. The highest BCUT2D eigenvalue weighted by Gasteiger charge is 2.31. The highest BCUT2D eigenvalue weighted by atomic mass is 32.2. The van der Waals surface area contributed by atoms with Gasteiger partial charge in [0, 0.05) is 31.8 Å². The number of hydrogen-bond donors (Lipinski definition) is 0. The number of methoxy groups -OCH3 is 1. The second-order valence-corrected chi connectivity index (χ2v) is 6.00. The van der Waals surface area contributed by atoms with Gasteiger partial charge in [0.05, 0.1) is 24.6 Å². The molecule has 0 aromatic carbocycles. The van der Waals surface area contributed by atoms with Gasteiger partial charge in [-0.2, -0.15) is 0 Å². The monoisotopic (exact) mass is 308 g/mol. The molecule has 112 valence electrons. The number of rotatable bonds is 4. The number of ether oxygens (including phenoxy) is 1. The van der Waals surface area contributed by atoms with Gasteiger partial charge in [0.2, 0.25) is 5.91 Å². The number of carbonyl (C=O) groups is 3. The molecular formula is C14H16N2O4S. The molecule has 1 unspecified atom stereocenters. The Morgan fingerprint density at radius 2 is 2.24 bits per heavy atom. The zero-order chi connectivity index (χ0) is 15.4. The topological polar surface area (TPSA) is 76.6 Å². The molecule has 0 spiro atoms. The number of nitrogens with zero attached hydrogens (tertiary/aromatic N) is 2. The van der Waals surface area contributed by atoms with Crippen LogP contribution in [-0.2, 0) is 14.3 Å². The van der Waals surface area contributed by atoms with Crippen molar-refractivity contribution in [2.45, 2.75) is 13.3 Å². The van der Waals surface area contributed by atoms with Gasteiger partial charge < -0.3 is 9.64 Å². The molecule has 1 aromatic rings. The standard InChI is InChI=1S/C14H16N2O4S/c1-9(17)21-8-10-3-13(18)16(7-10)12-4-11(5-15-6-12)14(19)20-2/h4-6,10H,3,7-8H2,1-2H3. The van der Waals surface area contributed by atoms with Crippen LogP contribution in [-0.4, -0.2) is 41.4 Å². The molecule has 1 atom stereocenters. The van der Waals surface area contributed by atoms with E-state index in [-0.39, 0.29) is 16.9 Å². The van der Waals surface area contributed by atoms with E-state index in [9.17, 15) is 14.4 Å². The first-order valence-electron chi connectivity index (χ1n) is 6.48. The molecule has 6 nitrogen and oxygen atoms in total. The lowest BCUT2D eigenvalue weighted by atomic mass is 10.1. The molecule has 1 fully saturated rings. The molecule has 1 aromatic heterocycles. The van der Waals surface area contributed by atoms with Crippen LogP contribution in [0.1, 0.15) is 23.7 Å². The number of esters is 1. The van der Waals surface area contributed by atoms with Crippen molar-refractivity contribution in [2.75, 3.05) is 24.3 Å². The van der Waals surface area contributed by atoms with Crippen LogP contribution in [0.2, 0.25) is 0 Å². The number of carbonyl (C=O) groups excluding carboxylic acids is 3. The summed E-state index contributed by atoms with van der Waals surface area (Å²) in [4.78, 5) is 40.1. The maximum atomic E-state index is 12.1. The van der Waals surface area contributed by atoms with E-state index in [0.29, 0.717) is 30.0 Å². The second-order valence-electron chi connectivity index (χ2n) is 4.80. The van der Waals surface area contributed by atoms with Crippen molar-refractivity contribution in [1.29, 1.82) is 0 Å². The van der Waals surface area contributed by atoms with Gasteiger partial charge in [0.15, 0.2) is 5.12 Å². The van der Waals surface area contributed by atoms with Crippen LogP contribution in [0.3, 0.4) is 0 Å². The van der Waals surface area contributed by atoms with Crippen LogP contribution in [0, 0.1) is 5.92 Å². The Kier molecular flexibility index (Phi) is 4.95. The van der Waals surface area contributed by atoms with Crippen molar-refractivity contribution >= 4 is 34.4 Å². The summed E-state index contributed by atoms with van der Waals surface area (Å²) in [5, 5.41) is 0.0512. The van der Waals surface area contributed by atoms with Crippen molar-refractivity contribution in [1.82, 2.24) is 4.98 Å². The maximum Gasteiger partial charge on any atom is 0.339 e. The third-order valence-corrected chi connectivity index (χ3v) is 4.23. The molecule has 21 heavy (non-hydrogen) atoms. The first-order chi connectivity index (χ1) is 10.0. The first-order valence-corrected chi connectivity index (χ1v) is 7.47. The average Bonchev–Trinajstić information content (AvgIpc) is 2.85. The summed E-state index contributed by atoms with van der Waals surface area (Å²) in [6.07, 6.45) is 3.35. The summed E-state index contributed by atoms with van der Waals surface area (Å²) >= 11 is 1.23. The van der Waals surface area contributed by atoms with Gasteiger partial charge >= 0.3 is 5.97 Å². The van der Waals surface area contributed by atoms with E-state index in [4.69, 9.17) is 0 Å². The fourth-order valence-corrected chi connectivity index (χ4v) is 2.88. The van der Waals surface area contributed by atoms with Gasteiger partial charge in [-0.1, -0.05) is 11.8 Å². The predicted molar refractivity (Wildman–Crippen MR) is 79.2 cm³/mol. The smallest absolute Gasteiger partial charge is 0.339 e. The summed E-state index contributed by atoms with van der Waals surface area (Å²) < 4.78 is 4.64. The number of hydrogen-bond acceptors (Lipinski definition) is 6. The van der Waals surface area contributed by atoms with E-state index in [1.54, 1.807) is 17.2 Å². The van der Waals surface area contributed by atoms with Gasteiger partial charge in [0.1, 0.15) is 0 Å². The summed E-state index contributed by atoms with van der Waals surface area (Å²) in [6, 6.07) is 1.59. The third-order valence-electron chi connectivity index (χ3n) is 3.18. The van der Waals surface area contributed by atoms with Gasteiger partial charge in [-0.3, -0.25) is 14.6 Å². The van der Waals surface area contributed by atoms with Crippen LogP contribution < -0.4 is 4.90 Å². The van der Waals surface area contributed by atoms with Crippen molar-refractivity contribution in [3.05, 3.63) is 24.0 Å². The number of pyridine rings is 1. The number of amides is 1. The Bertz CT molecular complexity index is 576. The Morgan fingerprint density at radius 3 is 2.90 bits per heavy atom. The zero-order valence-corrected chi connectivity index (χ0v) is 12.7. The lowest BCUT2D eigenvalue weighted by Gasteiger charge is -2.16. The quantitative estimate of drug-likeness (QED) is 0.785. The molecule has 1 aliphatic rings. The molecule has 0 radical (unpaired) electrons. The normalized spacial score (nSPS) is 17.9. The van der Waals surface area contributed by atoms with Gasteiger partial charge in [-0.25, -0.2) is 4.79 Å². The Balaban J connectivity index is 2.10. The van der Waals surface area contributed by atoms with E-state index in [0.717, 1.165) is 0 Å². The van der Waals surface area contributed by atoms with E-state index in [2.05, 4.69) is 9.72 Å². The minimum Gasteiger partial charge on any atom is -0.465 e. The van der Waals surface area contributed by atoms with E-state index in [1.807, 2.05) is 0 Å². The summed E-state index contributed by atoms with van der Waals surface area (Å²) in [6.45, 7) is 2.05. The minimum atomic E-state index is -0.486. The van der Waals surface area contributed by atoms with Crippen molar-refractivity contribution < 1.29 is 19.1 Å². The molecule has 0 aliphatic carbocycles. The molecule has 2 heterocycles. The molecule has 1 saturated heterocycles. The van der Waals surface area contributed by atoms with Crippen molar-refractivity contribution in [3.63, 3.8) is 0 Å². The Morgan fingerprint density at radius 1 is 1.48 bits per heavy atom. The molecule has 7 heteroatoms. The highest BCUT2D eigenvalue weighted by molar-refractivity contribution is 8.13. The van der Waals surface area contributed by atoms with Gasteiger partial charge in [-0.15, -0.1) is 0 Å². The molecule has 1 aliphatic heterocycles. The lowest BCUT2D eigenvalue weighted by Crippen LogP contribution is -2.25. The summed E-state index contributed by atoms with van der Waals surface area (Å²) in [7, 11) is 1.30. The number of anilines is 1. The second kappa shape index (κ2) is 6.71. The first kappa shape index (κ1) is 15.5. The van der Waals surface area contributed by atoms with Crippen LogP contribution in [0.25, 0.3) is 0 Å². The summed E-state index contributed by atoms with van der Waals surface area (Å²) in [5.74, 6) is 0.252. The molecular weight excluding hydrogens is 292 g/mol. The fourth-order valence-electron chi connectivity index (χ4n) is 2.18. The van der Waals surface area contributed by atoms with Gasteiger partial charge in [-0.05, 0) is 12.0 Å². The minimum absolute atomic E-state index is 0.0204. The number of aromatic nitrogens is 1. The van der Waals surface area contributed by atoms with Crippen LogP contribution in [0.5, 0.6) is 0 Å². The van der Waals surface area contributed by atoms with Crippen LogP contribution >= 0.6 is 11.8 Å². The highest BCUT2D eigenvalue weighted by Crippen LogP contribution is 2.27. The molecule has 2 rings (SSSR count). The summed E-state index contributed by atoms with van der Waals surface area (Å²) in [5.41, 5.74) is 0.891. The van der Waals surface area contributed by atoms with Crippen LogP contribution in [0.15, 0.2) is 18.5 Å². The van der Waals surface area contributed by atoms with E-state index >= 15 is 0 Å². The molecule has 0 saturated carbocycles. The fraction of sp³-hybridized carbons (Fsp3) is 0.429. The van der Waals surface area contributed by atoms with Crippen molar-refractivity contribution in [2.24, 2.45) is 5.92 Å². The predicted octanol–water partition coefficient (Wildman–Crippen LogP) is 1.50. The van der Waals surface area contributed by atoms with E-state index < -0.39 is 5.97 Å². The number of thioether (sulfide) groups is 1. The largest absolute Gasteiger partial charge is 0.465 e. The van der Waals surface area contributed by atoms with Crippen LogP contribution in [0.4, 0.5) is 5.69 Å². The Labute approximate surface area is 126 Å².